The van der Waals surface area contributed by atoms with Crippen molar-refractivity contribution in [3.8, 4) is 0 Å². The lowest BCUT2D eigenvalue weighted by Gasteiger charge is -2.27. The number of hydrogen-bond donors (Lipinski definition) is 4. The van der Waals surface area contributed by atoms with Gasteiger partial charge in [0.05, 0.1) is 11.2 Å². The largest absolute Gasteiger partial charge is 0.351 e. The molecule has 2 aliphatic rings. The molecule has 0 spiro atoms. The van der Waals surface area contributed by atoms with E-state index in [0.29, 0.717) is 29.0 Å². The number of fused-ring (bicyclic) bond motifs is 1. The maximum atomic E-state index is 11.6. The average molecular weight is 471 g/mol. The van der Waals surface area contributed by atoms with Crippen LogP contribution in [0.25, 0.3) is 11.2 Å². The van der Waals surface area contributed by atoms with Gasteiger partial charge in [0.1, 0.15) is 0 Å². The first kappa shape index (κ1) is 22.1. The van der Waals surface area contributed by atoms with Crippen molar-refractivity contribution in [2.75, 3.05) is 10.6 Å². The van der Waals surface area contributed by atoms with Gasteiger partial charge in [-0.3, -0.25) is 0 Å². The van der Waals surface area contributed by atoms with E-state index >= 15 is 0 Å². The van der Waals surface area contributed by atoms with Gasteiger partial charge in [0, 0.05) is 23.8 Å². The summed E-state index contributed by atoms with van der Waals surface area (Å²) >= 11 is 0. The highest BCUT2D eigenvalue weighted by molar-refractivity contribution is 7.89. The Labute approximate surface area is 193 Å². The zero-order chi connectivity index (χ0) is 23.0. The van der Waals surface area contributed by atoms with E-state index in [1.807, 2.05) is 6.33 Å². The van der Waals surface area contributed by atoms with Crippen molar-refractivity contribution in [1.82, 2.24) is 19.5 Å². The Morgan fingerprint density at radius 3 is 2.33 bits per heavy atom. The van der Waals surface area contributed by atoms with Crippen LogP contribution in [0, 0.1) is 0 Å². The lowest BCUT2D eigenvalue weighted by atomic mass is 9.92. The second-order valence-electron chi connectivity index (χ2n) is 9.11. The minimum Gasteiger partial charge on any atom is -0.351 e. The van der Waals surface area contributed by atoms with Crippen molar-refractivity contribution < 1.29 is 8.42 Å². The van der Waals surface area contributed by atoms with E-state index in [0.717, 1.165) is 44.2 Å². The Hall–Kier alpha value is -2.76. The quantitative estimate of drug-likeness (QED) is 0.429. The third-order valence-electron chi connectivity index (χ3n) is 6.69. The Bertz CT molecular complexity index is 1230. The van der Waals surface area contributed by atoms with Gasteiger partial charge in [-0.2, -0.15) is 9.97 Å². The fourth-order valence-electron chi connectivity index (χ4n) is 4.83. The standard InChI is InChI=1S/C22H30N8O2S/c23-14-5-7-16(8-6-14)27-22-28-20(26-15-9-11-18(12-10-15)33(24,31)32)19-21(29-22)30(13-25-19)17-3-1-2-4-17/h9-14,16-17H,1-8,23H2,(H2,24,31,32)(H2,26,27,28,29)/t14-,16-. The highest BCUT2D eigenvalue weighted by atomic mass is 32.2. The van der Waals surface area contributed by atoms with E-state index in [-0.39, 0.29) is 17.0 Å². The van der Waals surface area contributed by atoms with Gasteiger partial charge in [-0.25, -0.2) is 18.5 Å². The van der Waals surface area contributed by atoms with Gasteiger partial charge >= 0.3 is 0 Å². The molecule has 0 aliphatic heterocycles. The second-order valence-corrected chi connectivity index (χ2v) is 10.7. The summed E-state index contributed by atoms with van der Waals surface area (Å²) in [6, 6.07) is 7.22. The molecule has 0 bridgehead atoms. The number of nitrogens with zero attached hydrogens (tertiary/aromatic N) is 4. The molecule has 0 saturated heterocycles. The first-order valence-electron chi connectivity index (χ1n) is 11.5. The molecule has 2 saturated carbocycles. The number of benzene rings is 1. The molecule has 0 radical (unpaired) electrons. The molecule has 0 atom stereocenters. The lowest BCUT2D eigenvalue weighted by Crippen LogP contribution is -2.33. The molecule has 2 heterocycles. The SMILES string of the molecule is NS(=O)(=O)c1ccc(Nc2nc(N[C@H]3CC[C@H](N)CC3)nc3c2ncn3C2CCCC2)cc1. The third kappa shape index (κ3) is 4.80. The zero-order valence-electron chi connectivity index (χ0n) is 18.4. The van der Waals surface area contributed by atoms with Crippen LogP contribution in [0.2, 0.25) is 0 Å². The molecular formula is C22H30N8O2S. The minimum absolute atomic E-state index is 0.0595. The van der Waals surface area contributed by atoms with Crippen LogP contribution in [0.1, 0.15) is 57.4 Å². The minimum atomic E-state index is -3.75. The topological polar surface area (TPSA) is 154 Å². The molecule has 2 fully saturated rings. The molecule has 11 heteroatoms. The van der Waals surface area contributed by atoms with E-state index < -0.39 is 10.0 Å². The van der Waals surface area contributed by atoms with Gasteiger partial charge in [0.2, 0.25) is 16.0 Å². The van der Waals surface area contributed by atoms with Crippen molar-refractivity contribution in [2.45, 2.75) is 74.4 Å². The first-order chi connectivity index (χ1) is 15.9. The summed E-state index contributed by atoms with van der Waals surface area (Å²) in [6.07, 6.45) is 10.5. The Morgan fingerprint density at radius 2 is 1.67 bits per heavy atom. The number of anilines is 3. The number of imidazole rings is 1. The van der Waals surface area contributed by atoms with Crippen molar-refractivity contribution in [2.24, 2.45) is 10.9 Å². The summed E-state index contributed by atoms with van der Waals surface area (Å²) in [4.78, 5) is 14.3. The summed E-state index contributed by atoms with van der Waals surface area (Å²) in [5, 5.41) is 12.0. The smallest absolute Gasteiger partial charge is 0.238 e. The molecule has 3 aromatic rings. The van der Waals surface area contributed by atoms with Crippen molar-refractivity contribution in [3.63, 3.8) is 0 Å². The fourth-order valence-corrected chi connectivity index (χ4v) is 5.34. The summed E-state index contributed by atoms with van der Waals surface area (Å²) in [5.74, 6) is 1.14. The van der Waals surface area contributed by atoms with Crippen molar-refractivity contribution in [3.05, 3.63) is 30.6 Å². The highest BCUT2D eigenvalue weighted by Gasteiger charge is 2.24. The molecule has 0 unspecified atom stereocenters. The maximum absolute atomic E-state index is 11.6. The molecule has 176 valence electrons. The van der Waals surface area contributed by atoms with Crippen molar-refractivity contribution >= 4 is 38.6 Å². The highest BCUT2D eigenvalue weighted by Crippen LogP contribution is 2.34. The van der Waals surface area contributed by atoms with E-state index in [1.165, 1.54) is 25.0 Å². The number of rotatable bonds is 6. The van der Waals surface area contributed by atoms with Crippen molar-refractivity contribution in [1.29, 1.82) is 0 Å². The number of nitrogens with two attached hydrogens (primary N) is 2. The van der Waals surface area contributed by atoms with Gasteiger partial charge in [-0.05, 0) is 62.8 Å². The monoisotopic (exact) mass is 470 g/mol. The van der Waals surface area contributed by atoms with Crippen LogP contribution in [0.5, 0.6) is 0 Å². The van der Waals surface area contributed by atoms with E-state index in [2.05, 4.69) is 20.2 Å². The van der Waals surface area contributed by atoms with Crippen LogP contribution >= 0.6 is 0 Å². The molecule has 5 rings (SSSR count). The van der Waals surface area contributed by atoms with Gasteiger partial charge in [0.15, 0.2) is 17.0 Å². The van der Waals surface area contributed by atoms with E-state index in [1.54, 1.807) is 12.1 Å². The van der Waals surface area contributed by atoms with E-state index in [9.17, 15) is 8.42 Å². The molecular weight excluding hydrogens is 440 g/mol. The van der Waals surface area contributed by atoms with Gasteiger partial charge in [-0.1, -0.05) is 12.8 Å². The van der Waals surface area contributed by atoms with Gasteiger partial charge < -0.3 is 20.9 Å². The Morgan fingerprint density at radius 1 is 0.970 bits per heavy atom. The normalized spacial score (nSPS) is 22.0. The molecule has 1 aromatic carbocycles. The summed E-state index contributed by atoms with van der Waals surface area (Å²) < 4.78 is 25.3. The van der Waals surface area contributed by atoms with Crippen LogP contribution in [0.3, 0.4) is 0 Å². The Kier molecular flexibility index (Phi) is 5.94. The van der Waals surface area contributed by atoms with Crippen LogP contribution in [-0.4, -0.2) is 40.0 Å². The molecule has 0 amide bonds. The summed E-state index contributed by atoms with van der Waals surface area (Å²) in [6.45, 7) is 0. The fraction of sp³-hybridized carbons (Fsp3) is 0.500. The lowest BCUT2D eigenvalue weighted by molar-refractivity contribution is 0.410. The summed E-state index contributed by atoms with van der Waals surface area (Å²) in [7, 11) is -3.75. The van der Waals surface area contributed by atoms with Crippen LogP contribution < -0.4 is 21.5 Å². The zero-order valence-corrected chi connectivity index (χ0v) is 19.3. The number of aromatic nitrogens is 4. The third-order valence-corrected chi connectivity index (χ3v) is 7.62. The second kappa shape index (κ2) is 8.88. The molecule has 2 aromatic heterocycles. The first-order valence-corrected chi connectivity index (χ1v) is 13.1. The number of primary sulfonamides is 1. The summed E-state index contributed by atoms with van der Waals surface area (Å²) in [5.41, 5.74) is 8.24. The van der Waals surface area contributed by atoms with Gasteiger partial charge in [-0.15, -0.1) is 0 Å². The molecule has 33 heavy (non-hydrogen) atoms. The number of nitrogens with one attached hydrogen (secondary N) is 2. The number of sulfonamides is 1. The number of hydrogen-bond acceptors (Lipinski definition) is 8. The van der Waals surface area contributed by atoms with Gasteiger partial charge in [0.25, 0.3) is 0 Å². The average Bonchev–Trinajstić information content (AvgIpc) is 3.45. The van der Waals surface area contributed by atoms with E-state index in [4.69, 9.17) is 20.8 Å². The Balaban J connectivity index is 1.49. The molecule has 6 N–H and O–H groups in total. The van der Waals surface area contributed by atoms with Crippen LogP contribution in [-0.2, 0) is 10.0 Å². The van der Waals surface area contributed by atoms with Crippen LogP contribution in [0.15, 0.2) is 35.5 Å². The maximum Gasteiger partial charge on any atom is 0.238 e. The predicted molar refractivity (Wildman–Crippen MR) is 128 cm³/mol. The molecule has 10 nitrogen and oxygen atoms in total. The van der Waals surface area contributed by atoms with Crippen LogP contribution in [0.4, 0.5) is 17.5 Å². The molecule has 2 aliphatic carbocycles. The predicted octanol–water partition coefficient (Wildman–Crippen LogP) is 3.01.